The fraction of sp³-hybridized carbons (Fsp3) is 0.250. The van der Waals surface area contributed by atoms with Gasteiger partial charge in [-0.25, -0.2) is 0 Å². The van der Waals surface area contributed by atoms with Gasteiger partial charge in [0.05, 0.1) is 0 Å². The highest BCUT2D eigenvalue weighted by Crippen LogP contribution is 2.36. The quantitative estimate of drug-likeness (QED) is 0.708. The molecule has 90 valence electrons. The molecule has 1 aromatic rings. The van der Waals surface area contributed by atoms with Gasteiger partial charge in [0, 0.05) is 11.1 Å². The van der Waals surface area contributed by atoms with Gasteiger partial charge in [-0.3, -0.25) is 4.79 Å². The first-order valence-corrected chi connectivity index (χ1v) is 4.92. The van der Waals surface area contributed by atoms with Gasteiger partial charge in [-0.05, 0) is 25.1 Å². The van der Waals surface area contributed by atoms with Gasteiger partial charge in [-0.1, -0.05) is 11.6 Å². The lowest BCUT2D eigenvalue weighted by Crippen LogP contribution is -2.38. The lowest BCUT2D eigenvalue weighted by atomic mass is 10.0. The first-order valence-electron chi connectivity index (χ1n) is 4.92. The maximum atomic E-state index is 12.6. The third kappa shape index (κ3) is 2.18. The SMILES string of the molecule is Cc1ccc2c(c1)C=C(C=O)C(C(F)(F)F)O2. The molecule has 0 spiro atoms. The Kier molecular flexibility index (Phi) is 2.69. The van der Waals surface area contributed by atoms with E-state index in [4.69, 9.17) is 4.74 Å². The van der Waals surface area contributed by atoms with Gasteiger partial charge in [0.2, 0.25) is 6.10 Å². The summed E-state index contributed by atoms with van der Waals surface area (Å²) < 4.78 is 42.7. The van der Waals surface area contributed by atoms with Crippen LogP contribution in [0, 0.1) is 6.92 Å². The van der Waals surface area contributed by atoms with Crippen LogP contribution in [0.25, 0.3) is 6.08 Å². The van der Waals surface area contributed by atoms with Crippen LogP contribution < -0.4 is 4.74 Å². The number of rotatable bonds is 1. The molecule has 0 aliphatic carbocycles. The van der Waals surface area contributed by atoms with Crippen molar-refractivity contribution in [3.63, 3.8) is 0 Å². The second kappa shape index (κ2) is 3.91. The zero-order chi connectivity index (χ0) is 12.6. The Bertz CT molecular complexity index is 489. The number of halogens is 3. The Morgan fingerprint density at radius 1 is 1.35 bits per heavy atom. The molecule has 0 radical (unpaired) electrons. The minimum Gasteiger partial charge on any atom is -0.475 e. The summed E-state index contributed by atoms with van der Waals surface area (Å²) in [5.74, 6) is 0.142. The Labute approximate surface area is 95.7 Å². The molecule has 1 aromatic carbocycles. The van der Waals surface area contributed by atoms with E-state index in [1.165, 1.54) is 12.1 Å². The van der Waals surface area contributed by atoms with Crippen LogP contribution in [0.4, 0.5) is 13.2 Å². The first-order chi connectivity index (χ1) is 7.91. The van der Waals surface area contributed by atoms with Crippen molar-refractivity contribution in [3.8, 4) is 5.75 Å². The van der Waals surface area contributed by atoms with Crippen molar-refractivity contribution in [2.45, 2.75) is 19.2 Å². The van der Waals surface area contributed by atoms with Crippen molar-refractivity contribution < 1.29 is 22.7 Å². The van der Waals surface area contributed by atoms with Crippen LogP contribution in [-0.2, 0) is 4.79 Å². The fourth-order valence-electron chi connectivity index (χ4n) is 1.69. The van der Waals surface area contributed by atoms with Crippen LogP contribution in [0.3, 0.4) is 0 Å². The number of benzene rings is 1. The second-order valence-electron chi connectivity index (χ2n) is 3.84. The minimum absolute atomic E-state index is 0.142. The van der Waals surface area contributed by atoms with Gasteiger partial charge in [0.1, 0.15) is 12.0 Å². The average Bonchev–Trinajstić information content (AvgIpc) is 2.25. The lowest BCUT2D eigenvalue weighted by molar-refractivity contribution is -0.184. The van der Waals surface area contributed by atoms with E-state index >= 15 is 0 Å². The van der Waals surface area contributed by atoms with E-state index in [0.717, 1.165) is 5.56 Å². The molecule has 1 atom stereocenters. The molecule has 1 aliphatic heterocycles. The number of hydrogen-bond acceptors (Lipinski definition) is 2. The number of alkyl halides is 3. The predicted octanol–water partition coefficient (Wildman–Crippen LogP) is 2.90. The van der Waals surface area contributed by atoms with Crippen molar-refractivity contribution in [1.82, 2.24) is 0 Å². The number of fused-ring (bicyclic) bond motifs is 1. The van der Waals surface area contributed by atoms with Crippen LogP contribution in [0.15, 0.2) is 23.8 Å². The van der Waals surface area contributed by atoms with E-state index in [0.29, 0.717) is 5.56 Å². The molecule has 2 nitrogen and oxygen atoms in total. The molecule has 17 heavy (non-hydrogen) atoms. The molecule has 0 amide bonds. The Balaban J connectivity index is 2.49. The Morgan fingerprint density at radius 3 is 2.65 bits per heavy atom. The molecule has 5 heteroatoms. The number of carbonyl (C=O) groups is 1. The molecule has 0 fully saturated rings. The molecule has 1 unspecified atom stereocenters. The van der Waals surface area contributed by atoms with Crippen molar-refractivity contribution >= 4 is 12.4 Å². The summed E-state index contributed by atoms with van der Waals surface area (Å²) in [7, 11) is 0. The fourth-order valence-corrected chi connectivity index (χ4v) is 1.69. The standard InChI is InChI=1S/C12H9F3O2/c1-7-2-3-10-8(4-7)5-9(6-16)11(17-10)12(13,14)15/h2-6,11H,1H3. The molecular weight excluding hydrogens is 233 g/mol. The second-order valence-corrected chi connectivity index (χ2v) is 3.84. The molecule has 0 aromatic heterocycles. The van der Waals surface area contributed by atoms with Gasteiger partial charge in [0.15, 0.2) is 0 Å². The van der Waals surface area contributed by atoms with E-state index < -0.39 is 17.9 Å². The summed E-state index contributed by atoms with van der Waals surface area (Å²) in [5.41, 5.74) is 0.975. The number of aryl methyl sites for hydroxylation is 1. The first kappa shape index (κ1) is 11.7. The van der Waals surface area contributed by atoms with Gasteiger partial charge < -0.3 is 4.74 Å². The van der Waals surface area contributed by atoms with Gasteiger partial charge in [-0.2, -0.15) is 13.2 Å². The summed E-state index contributed by atoms with van der Waals surface area (Å²) in [6, 6.07) is 4.80. The predicted molar refractivity (Wildman–Crippen MR) is 55.7 cm³/mol. The topological polar surface area (TPSA) is 26.3 Å². The molecule has 2 rings (SSSR count). The van der Waals surface area contributed by atoms with Crippen molar-refractivity contribution in [2.75, 3.05) is 0 Å². The summed E-state index contributed by atoms with van der Waals surface area (Å²) in [6.07, 6.45) is -5.36. The molecule has 0 saturated heterocycles. The van der Waals surface area contributed by atoms with E-state index in [1.807, 2.05) is 6.92 Å². The number of aldehydes is 1. The molecule has 0 N–H and O–H groups in total. The molecule has 0 saturated carbocycles. The Morgan fingerprint density at radius 2 is 2.06 bits per heavy atom. The highest BCUT2D eigenvalue weighted by atomic mass is 19.4. The summed E-state index contributed by atoms with van der Waals surface area (Å²) in [6.45, 7) is 1.81. The zero-order valence-corrected chi connectivity index (χ0v) is 8.91. The highest BCUT2D eigenvalue weighted by molar-refractivity contribution is 5.85. The van der Waals surface area contributed by atoms with Crippen LogP contribution in [0.5, 0.6) is 5.75 Å². The molecule has 1 aliphatic rings. The minimum atomic E-state index is -4.59. The number of hydrogen-bond donors (Lipinski definition) is 0. The highest BCUT2D eigenvalue weighted by Gasteiger charge is 2.45. The zero-order valence-electron chi connectivity index (χ0n) is 8.91. The summed E-state index contributed by atoms with van der Waals surface area (Å²) in [5, 5.41) is 0. The maximum Gasteiger partial charge on any atom is 0.429 e. The van der Waals surface area contributed by atoms with Gasteiger partial charge >= 0.3 is 6.18 Å². The van der Waals surface area contributed by atoms with Crippen LogP contribution >= 0.6 is 0 Å². The Hall–Kier alpha value is -1.78. The van der Waals surface area contributed by atoms with Crippen molar-refractivity contribution in [3.05, 3.63) is 34.9 Å². The smallest absolute Gasteiger partial charge is 0.429 e. The molecule has 0 bridgehead atoms. The maximum absolute atomic E-state index is 12.6. The van der Waals surface area contributed by atoms with E-state index in [2.05, 4.69) is 0 Å². The van der Waals surface area contributed by atoms with Gasteiger partial charge in [0.25, 0.3) is 0 Å². The average molecular weight is 242 g/mol. The third-order valence-electron chi connectivity index (χ3n) is 2.47. The monoisotopic (exact) mass is 242 g/mol. The number of ether oxygens (including phenoxy) is 1. The summed E-state index contributed by atoms with van der Waals surface area (Å²) in [4.78, 5) is 10.7. The summed E-state index contributed by atoms with van der Waals surface area (Å²) >= 11 is 0. The van der Waals surface area contributed by atoms with Crippen LogP contribution in [0.2, 0.25) is 0 Å². The number of carbonyl (C=O) groups excluding carboxylic acids is 1. The van der Waals surface area contributed by atoms with Crippen LogP contribution in [0.1, 0.15) is 11.1 Å². The van der Waals surface area contributed by atoms with E-state index in [-0.39, 0.29) is 12.0 Å². The van der Waals surface area contributed by atoms with E-state index in [9.17, 15) is 18.0 Å². The van der Waals surface area contributed by atoms with E-state index in [1.54, 1.807) is 12.1 Å². The largest absolute Gasteiger partial charge is 0.475 e. The van der Waals surface area contributed by atoms with Crippen molar-refractivity contribution in [1.29, 1.82) is 0 Å². The normalized spacial score (nSPS) is 19.1. The van der Waals surface area contributed by atoms with Crippen molar-refractivity contribution in [2.24, 2.45) is 0 Å². The lowest BCUT2D eigenvalue weighted by Gasteiger charge is -2.26. The van der Waals surface area contributed by atoms with Gasteiger partial charge in [-0.15, -0.1) is 0 Å². The molecular formula is C12H9F3O2. The molecule has 1 heterocycles. The third-order valence-corrected chi connectivity index (χ3v) is 2.47. The van der Waals surface area contributed by atoms with Crippen LogP contribution in [-0.4, -0.2) is 18.6 Å².